The zero-order chi connectivity index (χ0) is 14.0. The first kappa shape index (κ1) is 17.3. The molecule has 4 nitrogen and oxygen atoms in total. The Kier molecular flexibility index (Phi) is 9.79. The number of unbranched alkanes of at least 4 members (excludes halogenated alkanes) is 2. The van der Waals surface area contributed by atoms with Crippen LogP contribution in [0.15, 0.2) is 10.6 Å². The van der Waals surface area contributed by atoms with Crippen LogP contribution in [-0.4, -0.2) is 18.5 Å². The summed E-state index contributed by atoms with van der Waals surface area (Å²) in [7, 11) is 0. The highest BCUT2D eigenvalue weighted by Crippen LogP contribution is 2.20. The van der Waals surface area contributed by atoms with E-state index in [-0.39, 0.29) is 10.6 Å². The van der Waals surface area contributed by atoms with Gasteiger partial charge in [-0.2, -0.15) is 0 Å². The molecule has 0 unspecified atom stereocenters. The second-order valence-corrected chi connectivity index (χ2v) is 4.28. The Labute approximate surface area is 117 Å². The molecule has 0 aliphatic rings. The third-order valence-electron chi connectivity index (χ3n) is 2.27. The quantitative estimate of drug-likeness (QED) is 0.389. The van der Waals surface area contributed by atoms with Crippen LogP contribution in [0.25, 0.3) is 0 Å². The van der Waals surface area contributed by atoms with Crippen molar-refractivity contribution < 1.29 is 18.6 Å². The van der Waals surface area contributed by atoms with Crippen LogP contribution in [0.5, 0.6) is 0 Å². The summed E-state index contributed by atoms with van der Waals surface area (Å²) >= 11 is 10.7. The molecule has 104 valence electrons. The van der Waals surface area contributed by atoms with Gasteiger partial charge in [-0.15, -0.1) is 0 Å². The molecule has 0 rings (SSSR count). The maximum Gasteiger partial charge on any atom is 0.368 e. The van der Waals surface area contributed by atoms with E-state index in [2.05, 4.69) is 4.29 Å². The van der Waals surface area contributed by atoms with E-state index in [9.17, 15) is 9.59 Å². The van der Waals surface area contributed by atoms with Crippen molar-refractivity contribution in [3.05, 3.63) is 10.6 Å². The summed E-state index contributed by atoms with van der Waals surface area (Å²) < 4.78 is 9.01. The molecule has 0 N–H and O–H groups in total. The van der Waals surface area contributed by atoms with E-state index >= 15 is 0 Å². The third-order valence-corrected chi connectivity index (χ3v) is 2.79. The number of halogens is 2. The van der Waals surface area contributed by atoms with Crippen molar-refractivity contribution in [2.24, 2.45) is 0 Å². The molecule has 0 spiro atoms. The lowest BCUT2D eigenvalue weighted by molar-refractivity contribution is -0.140. The summed E-state index contributed by atoms with van der Waals surface area (Å²) in [5.74, 6) is -1.51. The molecule has 0 aromatic heterocycles. The third kappa shape index (κ3) is 6.26. The Bertz CT molecular complexity index is 313. The molecule has 0 saturated carbocycles. The minimum absolute atomic E-state index is 0.125. The Morgan fingerprint density at radius 2 is 1.67 bits per heavy atom. The van der Waals surface area contributed by atoms with Gasteiger partial charge >= 0.3 is 11.9 Å². The SMILES string of the molecule is CCCCOC(=O)C(CCCC)=C(Cl)C(=O)OCl. The fraction of sp³-hybridized carbons (Fsp3) is 0.667. The van der Waals surface area contributed by atoms with Gasteiger partial charge in [-0.25, -0.2) is 9.59 Å². The fourth-order valence-electron chi connectivity index (χ4n) is 1.21. The first-order valence-corrected chi connectivity index (χ1v) is 6.65. The van der Waals surface area contributed by atoms with Gasteiger partial charge in [0.2, 0.25) is 0 Å². The fourth-order valence-corrected chi connectivity index (χ4v) is 1.54. The van der Waals surface area contributed by atoms with Crippen LogP contribution >= 0.6 is 23.5 Å². The van der Waals surface area contributed by atoms with E-state index in [4.69, 9.17) is 28.2 Å². The monoisotopic (exact) mass is 296 g/mol. The molecule has 0 aliphatic carbocycles. The van der Waals surface area contributed by atoms with Crippen molar-refractivity contribution in [3.8, 4) is 0 Å². The van der Waals surface area contributed by atoms with Gasteiger partial charge in [-0.3, -0.25) is 0 Å². The number of carbonyl (C=O) groups excluding carboxylic acids is 2. The second-order valence-electron chi connectivity index (χ2n) is 3.75. The van der Waals surface area contributed by atoms with Crippen LogP contribution < -0.4 is 0 Å². The van der Waals surface area contributed by atoms with Crippen molar-refractivity contribution in [1.29, 1.82) is 0 Å². The average molecular weight is 297 g/mol. The summed E-state index contributed by atoms with van der Waals surface area (Å²) in [5.41, 5.74) is 0.125. The van der Waals surface area contributed by atoms with Gasteiger partial charge in [-0.1, -0.05) is 38.3 Å². The molecule has 0 saturated heterocycles. The highest BCUT2D eigenvalue weighted by atomic mass is 35.5. The largest absolute Gasteiger partial charge is 0.462 e. The summed E-state index contributed by atoms with van der Waals surface area (Å²) in [5, 5.41) is -0.306. The van der Waals surface area contributed by atoms with Gasteiger partial charge < -0.3 is 9.03 Å². The van der Waals surface area contributed by atoms with E-state index in [0.717, 1.165) is 25.7 Å². The van der Waals surface area contributed by atoms with Crippen LogP contribution in [0.4, 0.5) is 0 Å². The van der Waals surface area contributed by atoms with E-state index in [1.54, 1.807) is 0 Å². The van der Waals surface area contributed by atoms with Crippen LogP contribution in [0, 0.1) is 0 Å². The minimum atomic E-state index is -0.933. The molecule has 0 aliphatic heterocycles. The second kappa shape index (κ2) is 10.2. The molecule has 0 heterocycles. The molecule has 0 bridgehead atoms. The number of esters is 1. The van der Waals surface area contributed by atoms with Crippen LogP contribution in [0.3, 0.4) is 0 Å². The molecular weight excluding hydrogens is 279 g/mol. The molecule has 0 amide bonds. The lowest BCUT2D eigenvalue weighted by Gasteiger charge is -2.09. The smallest absolute Gasteiger partial charge is 0.368 e. The Morgan fingerprint density at radius 1 is 1.06 bits per heavy atom. The zero-order valence-electron chi connectivity index (χ0n) is 10.6. The van der Waals surface area contributed by atoms with Crippen LogP contribution in [0.1, 0.15) is 46.0 Å². The number of ether oxygens (including phenoxy) is 1. The molecule has 0 radical (unpaired) electrons. The Hall–Kier alpha value is -0.740. The molecule has 0 aromatic carbocycles. The lowest BCUT2D eigenvalue weighted by atomic mass is 10.1. The topological polar surface area (TPSA) is 52.6 Å². The standard InChI is InChI=1S/C12H18Cl2O4/c1-3-5-7-9(10(13)12(16)18-14)11(15)17-8-6-4-2/h3-8H2,1-2H3. The van der Waals surface area contributed by atoms with Gasteiger partial charge in [0, 0.05) is 0 Å². The van der Waals surface area contributed by atoms with Crippen LogP contribution in [-0.2, 0) is 18.6 Å². The zero-order valence-corrected chi connectivity index (χ0v) is 12.1. The number of hydrogen-bond donors (Lipinski definition) is 0. The molecule has 18 heavy (non-hydrogen) atoms. The van der Waals surface area contributed by atoms with E-state index in [0.29, 0.717) is 13.0 Å². The lowest BCUT2D eigenvalue weighted by Crippen LogP contribution is -2.13. The maximum absolute atomic E-state index is 11.8. The molecule has 6 heteroatoms. The summed E-state index contributed by atoms with van der Waals surface area (Å²) in [6.07, 6.45) is 3.64. The molecular formula is C12H18Cl2O4. The highest BCUT2D eigenvalue weighted by Gasteiger charge is 2.21. The summed E-state index contributed by atoms with van der Waals surface area (Å²) in [6.45, 7) is 4.26. The van der Waals surface area contributed by atoms with Gasteiger partial charge in [-0.05, 0) is 19.3 Å². The highest BCUT2D eigenvalue weighted by molar-refractivity contribution is 6.44. The van der Waals surface area contributed by atoms with Gasteiger partial charge in [0.25, 0.3) is 0 Å². The minimum Gasteiger partial charge on any atom is -0.462 e. The predicted octanol–water partition coefficient (Wildman–Crippen LogP) is 3.71. The van der Waals surface area contributed by atoms with Crippen molar-refractivity contribution in [3.63, 3.8) is 0 Å². The maximum atomic E-state index is 11.8. The van der Waals surface area contributed by atoms with Crippen molar-refractivity contribution >= 4 is 35.4 Å². The van der Waals surface area contributed by atoms with E-state index in [1.165, 1.54) is 0 Å². The first-order chi connectivity index (χ1) is 8.58. The van der Waals surface area contributed by atoms with E-state index < -0.39 is 11.9 Å². The number of carbonyl (C=O) groups is 2. The average Bonchev–Trinajstić information content (AvgIpc) is 2.38. The number of hydrogen-bond acceptors (Lipinski definition) is 4. The summed E-state index contributed by atoms with van der Waals surface area (Å²) in [4.78, 5) is 23.0. The van der Waals surface area contributed by atoms with Crippen molar-refractivity contribution in [2.45, 2.75) is 46.0 Å². The van der Waals surface area contributed by atoms with Crippen molar-refractivity contribution in [2.75, 3.05) is 6.61 Å². The molecule has 0 fully saturated rings. The number of rotatable bonds is 8. The van der Waals surface area contributed by atoms with Gasteiger partial charge in [0.1, 0.15) is 16.9 Å². The Morgan fingerprint density at radius 3 is 2.17 bits per heavy atom. The van der Waals surface area contributed by atoms with Crippen molar-refractivity contribution in [1.82, 2.24) is 0 Å². The molecule has 0 atom stereocenters. The molecule has 0 aromatic rings. The van der Waals surface area contributed by atoms with E-state index in [1.807, 2.05) is 13.8 Å². The van der Waals surface area contributed by atoms with Crippen LogP contribution in [0.2, 0.25) is 0 Å². The van der Waals surface area contributed by atoms with Gasteiger partial charge in [0.15, 0.2) is 0 Å². The summed E-state index contributed by atoms with van der Waals surface area (Å²) in [6, 6.07) is 0. The first-order valence-electron chi connectivity index (χ1n) is 5.97. The predicted molar refractivity (Wildman–Crippen MR) is 70.2 cm³/mol. The van der Waals surface area contributed by atoms with Gasteiger partial charge in [0.05, 0.1) is 12.2 Å². The normalized spacial score (nSPS) is 11.8. The Balaban J connectivity index is 4.75.